The third-order valence-corrected chi connectivity index (χ3v) is 4.56. The summed E-state index contributed by atoms with van der Waals surface area (Å²) in [4.78, 5) is 11.9. The van der Waals surface area contributed by atoms with E-state index in [9.17, 15) is 4.79 Å². The maximum atomic E-state index is 11.9. The highest BCUT2D eigenvalue weighted by Gasteiger charge is 2.06. The molecule has 1 N–H and O–H groups in total. The first kappa shape index (κ1) is 18.4. The van der Waals surface area contributed by atoms with Gasteiger partial charge in [0.2, 0.25) is 0 Å². The van der Waals surface area contributed by atoms with Crippen molar-refractivity contribution in [2.75, 3.05) is 6.61 Å². The van der Waals surface area contributed by atoms with Crippen molar-refractivity contribution in [1.82, 2.24) is 5.43 Å². The van der Waals surface area contributed by atoms with Crippen LogP contribution in [-0.4, -0.2) is 18.2 Å². The highest BCUT2D eigenvalue weighted by Crippen LogP contribution is 2.27. The van der Waals surface area contributed by atoms with Crippen LogP contribution in [0.5, 0.6) is 5.75 Å². The SMILES string of the molecule is CC(=NNC(=O)COc1ccc(Br)cc1Cl)c1ccc2ccccc2c1. The molecule has 0 bridgehead atoms. The van der Waals surface area contributed by atoms with Crippen molar-refractivity contribution in [1.29, 1.82) is 0 Å². The van der Waals surface area contributed by atoms with E-state index in [2.05, 4.69) is 32.5 Å². The molecule has 26 heavy (non-hydrogen) atoms. The summed E-state index contributed by atoms with van der Waals surface area (Å²) in [5.41, 5.74) is 4.16. The lowest BCUT2D eigenvalue weighted by atomic mass is 10.0. The first-order valence-corrected chi connectivity index (χ1v) is 9.10. The van der Waals surface area contributed by atoms with Gasteiger partial charge in [0.05, 0.1) is 10.7 Å². The summed E-state index contributed by atoms with van der Waals surface area (Å²) in [7, 11) is 0. The molecule has 4 nitrogen and oxygen atoms in total. The molecular formula is C20H16BrClN2O2. The third kappa shape index (κ3) is 4.62. The van der Waals surface area contributed by atoms with Crippen molar-refractivity contribution in [3.63, 3.8) is 0 Å². The molecule has 3 aromatic rings. The van der Waals surface area contributed by atoms with Crippen LogP contribution in [0.25, 0.3) is 10.8 Å². The van der Waals surface area contributed by atoms with E-state index in [1.807, 2.05) is 43.3 Å². The van der Waals surface area contributed by atoms with Gasteiger partial charge < -0.3 is 4.74 Å². The van der Waals surface area contributed by atoms with Crippen LogP contribution in [-0.2, 0) is 4.79 Å². The van der Waals surface area contributed by atoms with Crippen LogP contribution in [0.1, 0.15) is 12.5 Å². The van der Waals surface area contributed by atoms with E-state index in [0.29, 0.717) is 16.5 Å². The third-order valence-electron chi connectivity index (χ3n) is 3.77. The number of hydrogen-bond acceptors (Lipinski definition) is 3. The lowest BCUT2D eigenvalue weighted by Gasteiger charge is -2.08. The van der Waals surface area contributed by atoms with Gasteiger partial charge in [0.25, 0.3) is 5.91 Å². The Morgan fingerprint density at radius 2 is 1.88 bits per heavy atom. The molecule has 0 fully saturated rings. The first-order valence-electron chi connectivity index (χ1n) is 7.93. The number of nitrogens with zero attached hydrogens (tertiary/aromatic N) is 1. The second-order valence-corrected chi connectivity index (χ2v) is 6.98. The zero-order valence-corrected chi connectivity index (χ0v) is 16.3. The number of carbonyl (C=O) groups is 1. The molecule has 3 aromatic carbocycles. The topological polar surface area (TPSA) is 50.7 Å². The number of carbonyl (C=O) groups excluding carboxylic acids is 1. The van der Waals surface area contributed by atoms with Crippen LogP contribution in [0, 0.1) is 0 Å². The molecule has 0 aliphatic carbocycles. The normalized spacial score (nSPS) is 11.4. The molecule has 0 spiro atoms. The predicted molar refractivity (Wildman–Crippen MR) is 109 cm³/mol. The van der Waals surface area contributed by atoms with E-state index >= 15 is 0 Å². The number of fused-ring (bicyclic) bond motifs is 1. The van der Waals surface area contributed by atoms with Gasteiger partial charge in [0, 0.05) is 4.47 Å². The quantitative estimate of drug-likeness (QED) is 0.447. The van der Waals surface area contributed by atoms with Crippen LogP contribution in [0.2, 0.25) is 5.02 Å². The summed E-state index contributed by atoms with van der Waals surface area (Å²) in [5, 5.41) is 6.86. The fraction of sp³-hybridized carbons (Fsp3) is 0.100. The molecule has 132 valence electrons. The molecule has 0 aromatic heterocycles. The zero-order valence-electron chi connectivity index (χ0n) is 14.0. The number of hydrogen-bond donors (Lipinski definition) is 1. The molecule has 0 saturated carbocycles. The molecule has 3 rings (SSSR count). The first-order chi connectivity index (χ1) is 12.5. The van der Waals surface area contributed by atoms with Gasteiger partial charge in [0.15, 0.2) is 6.61 Å². The molecule has 0 saturated heterocycles. The summed E-state index contributed by atoms with van der Waals surface area (Å²) in [6.45, 7) is 1.67. The average molecular weight is 432 g/mol. The molecule has 0 aliphatic rings. The molecule has 0 heterocycles. The second kappa shape index (κ2) is 8.34. The van der Waals surface area contributed by atoms with E-state index in [1.165, 1.54) is 0 Å². The van der Waals surface area contributed by atoms with Crippen molar-refractivity contribution < 1.29 is 9.53 Å². The Kier molecular flexibility index (Phi) is 5.91. The lowest BCUT2D eigenvalue weighted by molar-refractivity contribution is -0.123. The molecule has 1 amide bonds. The van der Waals surface area contributed by atoms with Crippen molar-refractivity contribution >= 4 is 49.9 Å². The van der Waals surface area contributed by atoms with Crippen molar-refractivity contribution in [3.8, 4) is 5.75 Å². The van der Waals surface area contributed by atoms with E-state index in [1.54, 1.807) is 18.2 Å². The fourth-order valence-corrected chi connectivity index (χ4v) is 3.12. The molecule has 0 unspecified atom stereocenters. The summed E-state index contributed by atoms with van der Waals surface area (Å²) < 4.78 is 6.26. The Hall–Kier alpha value is -2.37. The van der Waals surface area contributed by atoms with Gasteiger partial charge in [-0.3, -0.25) is 4.79 Å². The number of halogens is 2. The Morgan fingerprint density at radius 3 is 2.65 bits per heavy atom. The molecule has 6 heteroatoms. The maximum Gasteiger partial charge on any atom is 0.277 e. The Labute approximate surface area is 164 Å². The van der Waals surface area contributed by atoms with E-state index in [0.717, 1.165) is 20.8 Å². The number of rotatable bonds is 5. The Bertz CT molecular complexity index is 988. The van der Waals surface area contributed by atoms with Crippen LogP contribution in [0.4, 0.5) is 0 Å². The van der Waals surface area contributed by atoms with Gasteiger partial charge in [-0.2, -0.15) is 5.10 Å². The largest absolute Gasteiger partial charge is 0.482 e. The monoisotopic (exact) mass is 430 g/mol. The van der Waals surface area contributed by atoms with Crippen molar-refractivity contribution in [3.05, 3.63) is 75.7 Å². The summed E-state index contributed by atoms with van der Waals surface area (Å²) in [5.74, 6) is 0.0874. The van der Waals surface area contributed by atoms with Gasteiger partial charge in [-0.05, 0) is 47.5 Å². The van der Waals surface area contributed by atoms with Gasteiger partial charge in [-0.1, -0.05) is 63.9 Å². The van der Waals surface area contributed by atoms with Gasteiger partial charge in [0.1, 0.15) is 5.75 Å². The van der Waals surface area contributed by atoms with Gasteiger partial charge in [-0.15, -0.1) is 0 Å². The highest BCUT2D eigenvalue weighted by atomic mass is 79.9. The summed E-state index contributed by atoms with van der Waals surface area (Å²) >= 11 is 9.37. The zero-order chi connectivity index (χ0) is 18.5. The average Bonchev–Trinajstić information content (AvgIpc) is 2.65. The Balaban J connectivity index is 1.61. The number of amides is 1. The smallest absolute Gasteiger partial charge is 0.277 e. The lowest BCUT2D eigenvalue weighted by Crippen LogP contribution is -2.25. The maximum absolute atomic E-state index is 11.9. The van der Waals surface area contributed by atoms with Gasteiger partial charge in [-0.25, -0.2) is 5.43 Å². The fourth-order valence-electron chi connectivity index (χ4n) is 2.39. The van der Waals surface area contributed by atoms with Crippen molar-refractivity contribution in [2.24, 2.45) is 5.10 Å². The van der Waals surface area contributed by atoms with Crippen molar-refractivity contribution in [2.45, 2.75) is 6.92 Å². The molecule has 0 atom stereocenters. The number of hydrazone groups is 1. The minimum atomic E-state index is -0.357. The summed E-state index contributed by atoms with van der Waals surface area (Å²) in [6.07, 6.45) is 0. The minimum absolute atomic E-state index is 0.171. The van der Waals surface area contributed by atoms with Crippen LogP contribution in [0.3, 0.4) is 0 Å². The highest BCUT2D eigenvalue weighted by molar-refractivity contribution is 9.10. The molecule has 0 radical (unpaired) electrons. The van der Waals surface area contributed by atoms with E-state index < -0.39 is 0 Å². The van der Waals surface area contributed by atoms with Crippen LogP contribution < -0.4 is 10.2 Å². The number of ether oxygens (including phenoxy) is 1. The molecular weight excluding hydrogens is 416 g/mol. The Morgan fingerprint density at radius 1 is 1.12 bits per heavy atom. The summed E-state index contributed by atoms with van der Waals surface area (Å²) in [6, 6.07) is 19.3. The van der Waals surface area contributed by atoms with Crippen LogP contribution >= 0.6 is 27.5 Å². The van der Waals surface area contributed by atoms with Gasteiger partial charge >= 0.3 is 0 Å². The molecule has 0 aliphatic heterocycles. The second-order valence-electron chi connectivity index (χ2n) is 5.66. The number of nitrogens with one attached hydrogen (secondary N) is 1. The van der Waals surface area contributed by atoms with E-state index in [-0.39, 0.29) is 12.5 Å². The van der Waals surface area contributed by atoms with E-state index in [4.69, 9.17) is 16.3 Å². The minimum Gasteiger partial charge on any atom is -0.482 e. The number of benzene rings is 3. The van der Waals surface area contributed by atoms with Crippen LogP contribution in [0.15, 0.2) is 70.2 Å². The standard InChI is InChI=1S/C20H16BrClN2O2/c1-13(15-7-6-14-4-2-3-5-16(14)10-15)23-24-20(25)12-26-19-9-8-17(21)11-18(19)22/h2-11H,12H2,1H3,(H,24,25). The predicted octanol–water partition coefficient (Wildman–Crippen LogP) is 5.17.